The van der Waals surface area contributed by atoms with Crippen molar-refractivity contribution in [3.8, 4) is 5.75 Å². The van der Waals surface area contributed by atoms with Crippen LogP contribution in [0.15, 0.2) is 125 Å². The summed E-state index contributed by atoms with van der Waals surface area (Å²) in [7, 11) is 0. The number of benzene rings is 4. The Labute approximate surface area is 265 Å². The number of phenols is 1. The largest absolute Gasteiger partial charge is 0.507 e. The van der Waals surface area contributed by atoms with Crippen molar-refractivity contribution >= 4 is 51.2 Å². The van der Waals surface area contributed by atoms with Gasteiger partial charge < -0.3 is 10.4 Å². The third-order valence-corrected chi connectivity index (χ3v) is 10.00. The maximum atomic E-state index is 14.3. The molecule has 7 heteroatoms. The molecule has 7 nitrogen and oxygen atoms in total. The Morgan fingerprint density at radius 2 is 1.46 bits per heavy atom. The number of anilines is 3. The molecule has 0 unspecified atom stereocenters. The van der Waals surface area contributed by atoms with Gasteiger partial charge in [-0.3, -0.25) is 24.1 Å². The topological polar surface area (TPSA) is 104 Å². The number of phenolic OH excluding ortho intramolecular Hbond substituents is 1. The molecule has 4 atom stereocenters. The second-order valence-corrected chi connectivity index (χ2v) is 12.5. The monoisotopic (exact) mass is 606 g/mol. The number of allylic oxidation sites excluding steroid dienone is 6. The predicted molar refractivity (Wildman–Crippen MR) is 176 cm³/mol. The van der Waals surface area contributed by atoms with Gasteiger partial charge in [0.1, 0.15) is 5.75 Å². The molecule has 0 aromatic heterocycles. The van der Waals surface area contributed by atoms with Crippen molar-refractivity contribution in [2.45, 2.75) is 25.7 Å². The van der Waals surface area contributed by atoms with Crippen molar-refractivity contribution in [1.82, 2.24) is 0 Å². The zero-order chi connectivity index (χ0) is 31.7. The highest BCUT2D eigenvalue weighted by molar-refractivity contribution is 6.25. The minimum Gasteiger partial charge on any atom is -0.507 e. The van der Waals surface area contributed by atoms with Gasteiger partial charge in [0, 0.05) is 39.4 Å². The van der Waals surface area contributed by atoms with Crippen LogP contribution < -0.4 is 10.2 Å². The number of nitrogens with one attached hydrogen (secondary N) is 1. The van der Waals surface area contributed by atoms with Crippen LogP contribution in [0.4, 0.5) is 17.1 Å². The van der Waals surface area contributed by atoms with Crippen molar-refractivity contribution in [3.05, 3.63) is 131 Å². The number of para-hydroxylation sites is 1. The van der Waals surface area contributed by atoms with E-state index in [1.165, 1.54) is 11.0 Å². The summed E-state index contributed by atoms with van der Waals surface area (Å²) in [6, 6.07) is 27.9. The lowest BCUT2D eigenvalue weighted by molar-refractivity contribution is -0.123. The van der Waals surface area contributed by atoms with Crippen molar-refractivity contribution < 1.29 is 24.3 Å². The molecule has 1 fully saturated rings. The van der Waals surface area contributed by atoms with Crippen molar-refractivity contribution in [1.29, 1.82) is 0 Å². The fourth-order valence-corrected chi connectivity index (χ4v) is 7.91. The SMILES string of the molecule is CC1=CC(=O)C2=C(C1=O)[C@@H](c1ccc(O)c3ccccc13)C1=CC[C@@H]3C(=O)N(c4ccc(Nc5ccccc5)cc4)C(=O)[C@@H]3[C@@H]1C2. The summed E-state index contributed by atoms with van der Waals surface area (Å²) >= 11 is 0. The van der Waals surface area contributed by atoms with Gasteiger partial charge in [0.2, 0.25) is 11.8 Å². The van der Waals surface area contributed by atoms with Gasteiger partial charge >= 0.3 is 0 Å². The summed E-state index contributed by atoms with van der Waals surface area (Å²) in [5.41, 5.74) is 5.17. The standard InChI is InChI=1S/C39H30N2O5/c1-21-19-33(43)31-20-30-28(34(36(31)37(21)44)27-17-18-32(42)26-10-6-5-9-25(26)27)15-16-29-35(30)39(46)41(38(29)45)24-13-11-23(12-14-24)40-22-7-3-2-4-8-22/h2-15,17-19,29-30,34-35,40,42H,16,20H2,1H3/t29-,30+,34-,35-/m0/s1. The number of Topliss-reactive ketones (excluding diaryl/α,β-unsaturated/α-hetero) is 1. The van der Waals surface area contributed by atoms with E-state index >= 15 is 0 Å². The molecule has 2 N–H and O–H groups in total. The van der Waals surface area contributed by atoms with E-state index in [-0.39, 0.29) is 35.6 Å². The van der Waals surface area contributed by atoms with Crippen molar-refractivity contribution in [3.63, 3.8) is 0 Å². The first-order chi connectivity index (χ1) is 22.3. The van der Waals surface area contributed by atoms with Gasteiger partial charge in [-0.2, -0.15) is 0 Å². The van der Waals surface area contributed by atoms with Gasteiger partial charge in [0.25, 0.3) is 0 Å². The molecule has 4 aromatic carbocycles. The zero-order valence-electron chi connectivity index (χ0n) is 25.1. The summed E-state index contributed by atoms with van der Waals surface area (Å²) in [6.45, 7) is 1.66. The Morgan fingerprint density at radius 3 is 2.22 bits per heavy atom. The highest BCUT2D eigenvalue weighted by Crippen LogP contribution is 2.56. The Morgan fingerprint density at radius 1 is 0.761 bits per heavy atom. The summed E-state index contributed by atoms with van der Waals surface area (Å²) in [5.74, 6) is -3.05. The van der Waals surface area contributed by atoms with Gasteiger partial charge in [-0.25, -0.2) is 0 Å². The Bertz CT molecular complexity index is 2090. The van der Waals surface area contributed by atoms with E-state index in [0.29, 0.717) is 34.2 Å². The quantitative estimate of drug-likeness (QED) is 0.148. The minimum atomic E-state index is -0.663. The number of rotatable bonds is 4. The van der Waals surface area contributed by atoms with Crippen LogP contribution in [0.25, 0.3) is 10.8 Å². The van der Waals surface area contributed by atoms with Gasteiger partial charge in [-0.15, -0.1) is 0 Å². The number of carbonyl (C=O) groups is 4. The van der Waals surface area contributed by atoms with E-state index in [1.807, 2.05) is 78.9 Å². The number of amides is 2. The predicted octanol–water partition coefficient (Wildman–Crippen LogP) is 6.92. The van der Waals surface area contributed by atoms with Crippen LogP contribution >= 0.6 is 0 Å². The first-order valence-electron chi connectivity index (χ1n) is 15.5. The number of imide groups is 1. The summed E-state index contributed by atoms with van der Waals surface area (Å²) in [5, 5.41) is 15.4. The maximum absolute atomic E-state index is 14.3. The van der Waals surface area contributed by atoms with E-state index < -0.39 is 23.7 Å². The van der Waals surface area contributed by atoms with E-state index in [1.54, 1.807) is 25.1 Å². The number of fused-ring (bicyclic) bond motifs is 4. The molecule has 226 valence electrons. The summed E-state index contributed by atoms with van der Waals surface area (Å²) in [4.78, 5) is 56.8. The molecule has 0 bridgehead atoms. The Balaban J connectivity index is 1.20. The lowest BCUT2D eigenvalue weighted by Gasteiger charge is -2.42. The van der Waals surface area contributed by atoms with Crippen LogP contribution in [-0.4, -0.2) is 28.5 Å². The lowest BCUT2D eigenvalue weighted by atomic mass is 9.59. The number of nitrogens with zero attached hydrogens (tertiary/aromatic N) is 1. The number of hydrogen-bond acceptors (Lipinski definition) is 6. The number of carbonyl (C=O) groups excluding carboxylic acids is 4. The molecular formula is C39H30N2O5. The van der Waals surface area contributed by atoms with Crippen LogP contribution in [0.2, 0.25) is 0 Å². The molecule has 0 saturated carbocycles. The molecule has 3 aliphatic carbocycles. The molecule has 8 rings (SSSR count). The van der Waals surface area contributed by atoms with Gasteiger partial charge in [0.15, 0.2) is 11.6 Å². The maximum Gasteiger partial charge on any atom is 0.238 e. The average Bonchev–Trinajstić information content (AvgIpc) is 3.33. The molecule has 0 radical (unpaired) electrons. The molecule has 1 heterocycles. The summed E-state index contributed by atoms with van der Waals surface area (Å²) in [6.07, 6.45) is 3.99. The van der Waals surface area contributed by atoms with E-state index in [2.05, 4.69) is 5.32 Å². The first kappa shape index (κ1) is 28.0. The second-order valence-electron chi connectivity index (χ2n) is 12.5. The van der Waals surface area contributed by atoms with Gasteiger partial charge in [0.05, 0.1) is 17.5 Å². The lowest BCUT2D eigenvalue weighted by Crippen LogP contribution is -2.39. The normalized spacial score (nSPS) is 24.0. The molecule has 46 heavy (non-hydrogen) atoms. The third-order valence-electron chi connectivity index (χ3n) is 10.00. The highest BCUT2D eigenvalue weighted by Gasteiger charge is 2.56. The fourth-order valence-electron chi connectivity index (χ4n) is 7.91. The van der Waals surface area contributed by atoms with E-state index in [4.69, 9.17) is 0 Å². The molecule has 0 spiro atoms. The van der Waals surface area contributed by atoms with Crippen LogP contribution in [0.5, 0.6) is 5.75 Å². The molecule has 1 saturated heterocycles. The third kappa shape index (κ3) is 4.19. The van der Waals surface area contributed by atoms with Crippen LogP contribution in [0.3, 0.4) is 0 Å². The Hall–Kier alpha value is -5.56. The Kier molecular flexibility index (Phi) is 6.39. The van der Waals surface area contributed by atoms with E-state index in [9.17, 15) is 24.3 Å². The smallest absolute Gasteiger partial charge is 0.238 e. The van der Waals surface area contributed by atoms with Crippen LogP contribution in [0, 0.1) is 17.8 Å². The van der Waals surface area contributed by atoms with Crippen molar-refractivity contribution in [2.75, 3.05) is 10.2 Å². The molecular weight excluding hydrogens is 576 g/mol. The second kappa shape index (κ2) is 10.5. The van der Waals surface area contributed by atoms with Crippen LogP contribution in [-0.2, 0) is 19.2 Å². The molecule has 2 amide bonds. The molecule has 1 aliphatic heterocycles. The highest BCUT2D eigenvalue weighted by atomic mass is 16.3. The van der Waals surface area contributed by atoms with E-state index in [0.717, 1.165) is 27.9 Å². The number of ketones is 2. The average molecular weight is 607 g/mol. The molecule has 4 aromatic rings. The van der Waals surface area contributed by atoms with Gasteiger partial charge in [-0.05, 0) is 85.2 Å². The number of aromatic hydroxyl groups is 1. The first-order valence-corrected chi connectivity index (χ1v) is 15.5. The zero-order valence-corrected chi connectivity index (χ0v) is 25.1. The van der Waals surface area contributed by atoms with Crippen LogP contribution in [0.1, 0.15) is 31.2 Å². The van der Waals surface area contributed by atoms with Gasteiger partial charge in [-0.1, -0.05) is 60.2 Å². The van der Waals surface area contributed by atoms with Crippen molar-refractivity contribution in [2.24, 2.45) is 17.8 Å². The minimum absolute atomic E-state index is 0.123. The molecule has 4 aliphatic rings. The summed E-state index contributed by atoms with van der Waals surface area (Å²) < 4.78 is 0. The number of hydrogen-bond donors (Lipinski definition) is 2. The fraction of sp³-hybridized carbons (Fsp3) is 0.179.